The number of nitrogens with two attached hydrogens (primary N) is 1. The number of thioether (sulfide) groups is 1. The average Bonchev–Trinajstić information content (AvgIpc) is 2.38. The van der Waals surface area contributed by atoms with Gasteiger partial charge in [-0.2, -0.15) is 11.8 Å². The van der Waals surface area contributed by atoms with Gasteiger partial charge in [-0.25, -0.2) is 0 Å². The Morgan fingerprint density at radius 1 is 1.25 bits per heavy atom. The van der Waals surface area contributed by atoms with E-state index in [4.69, 9.17) is 21.5 Å². The zero-order chi connectivity index (χ0) is 14.7. The molecule has 0 aliphatic heterocycles. The molecule has 0 unspecified atom stereocenters. The van der Waals surface area contributed by atoms with Gasteiger partial charge in [-0.1, -0.05) is 26.0 Å². The number of benzene rings is 1. The minimum atomic E-state index is 0. The summed E-state index contributed by atoms with van der Waals surface area (Å²) in [7, 11) is 1.69. The van der Waals surface area contributed by atoms with Gasteiger partial charge in [-0.15, -0.1) is 0 Å². The first kappa shape index (κ1) is 21.9. The van der Waals surface area contributed by atoms with Gasteiger partial charge in [-0.3, -0.25) is 4.91 Å². The van der Waals surface area contributed by atoms with Crippen LogP contribution < -0.4 is 40.0 Å². The van der Waals surface area contributed by atoms with Gasteiger partial charge in [0.25, 0.3) is 0 Å². The van der Waals surface area contributed by atoms with Crippen molar-refractivity contribution in [3.63, 3.8) is 0 Å². The Kier molecular flexibility index (Phi) is 13.6. The molecule has 20 heavy (non-hydrogen) atoms. The Bertz CT molecular complexity index is 392. The van der Waals surface area contributed by atoms with Crippen LogP contribution >= 0.6 is 11.8 Å². The molecule has 0 atom stereocenters. The Labute approximate surface area is 147 Å². The van der Waals surface area contributed by atoms with Crippen LogP contribution in [0.2, 0.25) is 0 Å². The first-order valence-corrected chi connectivity index (χ1v) is 6.93. The van der Waals surface area contributed by atoms with Crippen LogP contribution in [0.1, 0.15) is 25.8 Å². The van der Waals surface area contributed by atoms with E-state index in [2.05, 4.69) is 26.0 Å². The molecule has 2 N–H and O–H groups in total. The second-order valence-electron chi connectivity index (χ2n) is 4.52. The molecule has 0 amide bonds. The number of ether oxygens (including phenoxy) is 1. The van der Waals surface area contributed by atoms with Crippen LogP contribution in [0.4, 0.5) is 0 Å². The molecule has 0 fully saturated rings. The fourth-order valence-corrected chi connectivity index (χ4v) is 2.43. The van der Waals surface area contributed by atoms with Crippen LogP contribution in [0.3, 0.4) is 0 Å². The molecular weight excluding hydrogens is 283 g/mol. The quantitative estimate of drug-likeness (QED) is 0.366. The first-order valence-electron chi connectivity index (χ1n) is 5.94. The number of hydrogen-bond donors (Lipinski definition) is 1. The van der Waals surface area contributed by atoms with Gasteiger partial charge in [0.05, 0.1) is 7.11 Å². The maximum absolute atomic E-state index is 6.75. The molecule has 106 valence electrons. The van der Waals surface area contributed by atoms with Gasteiger partial charge in [0, 0.05) is 10.5 Å². The molecule has 0 aliphatic rings. The fourth-order valence-electron chi connectivity index (χ4n) is 1.42. The minimum absolute atomic E-state index is 0. The van der Waals surface area contributed by atoms with Crippen LogP contribution in [0.15, 0.2) is 24.3 Å². The molecule has 1 aromatic rings. The fraction of sp³-hybridized carbons (Fsp3) is 0.538. The van der Waals surface area contributed by atoms with Crippen molar-refractivity contribution in [1.82, 2.24) is 0 Å². The maximum Gasteiger partial charge on any atom is 1.00 e. The third-order valence-corrected chi connectivity index (χ3v) is 4.00. The molecule has 7 heteroatoms. The van der Waals surface area contributed by atoms with Crippen LogP contribution in [0.25, 0.3) is 16.0 Å². The van der Waals surface area contributed by atoms with E-state index < -0.39 is 0 Å². The Balaban J connectivity index is 0. The first-order chi connectivity index (χ1) is 8.99. The molecule has 0 aromatic heterocycles. The number of rotatable bonds is 6. The molecule has 0 bridgehead atoms. The van der Waals surface area contributed by atoms with Gasteiger partial charge in [0.15, 0.2) is 0 Å². The summed E-state index contributed by atoms with van der Waals surface area (Å²) < 4.78 is 5.39. The molecule has 0 saturated carbocycles. The Morgan fingerprint density at radius 3 is 2.15 bits per heavy atom. The summed E-state index contributed by atoms with van der Waals surface area (Å²) in [6, 6.07) is 8.24. The predicted molar refractivity (Wildman–Crippen MR) is 82.1 cm³/mol. The van der Waals surface area contributed by atoms with E-state index in [1.54, 1.807) is 7.11 Å². The smallest absolute Gasteiger partial charge is 0.497 e. The SMILES string of the molecule is COc1ccc(CSC(C)(C)CCN)cc1.[N-]=[N+]=[N-].[Na+]. The van der Waals surface area contributed by atoms with E-state index in [0.717, 1.165) is 24.5 Å². The summed E-state index contributed by atoms with van der Waals surface area (Å²) in [6.45, 7) is 5.24. The number of nitrogens with zero attached hydrogens (tertiary/aromatic N) is 3. The standard InChI is InChI=1S/C13H21NOS.N3.Na/c1-13(2,8-9-14)16-10-11-4-6-12(15-3)7-5-11;1-3-2;/h4-7H,8-10,14H2,1-3H3;;/q;-1;+1. The van der Waals surface area contributed by atoms with Gasteiger partial charge in [0.1, 0.15) is 5.75 Å². The third kappa shape index (κ3) is 10.4. The molecule has 1 rings (SSSR count). The van der Waals surface area contributed by atoms with Gasteiger partial charge in [0.2, 0.25) is 0 Å². The molecule has 0 aliphatic carbocycles. The van der Waals surface area contributed by atoms with E-state index in [9.17, 15) is 0 Å². The molecule has 1 aromatic carbocycles. The Morgan fingerprint density at radius 2 is 1.75 bits per heavy atom. The molecule has 5 nitrogen and oxygen atoms in total. The zero-order valence-corrected chi connectivity index (χ0v) is 15.5. The largest absolute Gasteiger partial charge is 1.00 e. The Hall–Kier alpha value is -0.360. The maximum atomic E-state index is 6.75. The monoisotopic (exact) mass is 304 g/mol. The molecule has 0 saturated heterocycles. The topological polar surface area (TPSA) is 94.0 Å². The third-order valence-electron chi connectivity index (χ3n) is 2.54. The summed E-state index contributed by atoms with van der Waals surface area (Å²) in [4.78, 5) is 1.50. The van der Waals surface area contributed by atoms with Gasteiger partial charge in [-0.05, 0) is 30.7 Å². The van der Waals surface area contributed by atoms with Crippen LogP contribution in [0.5, 0.6) is 5.75 Å². The second-order valence-corrected chi connectivity index (χ2v) is 6.21. The van der Waals surface area contributed by atoms with Gasteiger partial charge < -0.3 is 21.5 Å². The summed E-state index contributed by atoms with van der Waals surface area (Å²) in [6.07, 6.45) is 1.05. The zero-order valence-electron chi connectivity index (χ0n) is 12.7. The van der Waals surface area contributed by atoms with Crippen molar-refractivity contribution in [2.75, 3.05) is 13.7 Å². The van der Waals surface area contributed by atoms with E-state index in [-0.39, 0.29) is 34.3 Å². The molecule has 0 radical (unpaired) electrons. The summed E-state index contributed by atoms with van der Waals surface area (Å²) in [5.74, 6) is 1.94. The number of hydrogen-bond acceptors (Lipinski definition) is 3. The summed E-state index contributed by atoms with van der Waals surface area (Å²) in [5, 5.41) is 0. The van der Waals surface area contributed by atoms with Crippen molar-refractivity contribution in [1.29, 1.82) is 0 Å². The van der Waals surface area contributed by atoms with Crippen LogP contribution in [0, 0.1) is 0 Å². The van der Waals surface area contributed by atoms with Crippen molar-refractivity contribution >= 4 is 11.8 Å². The number of methoxy groups -OCH3 is 1. The normalized spacial score (nSPS) is 9.60. The van der Waals surface area contributed by atoms with Crippen molar-refractivity contribution < 1.29 is 34.3 Å². The van der Waals surface area contributed by atoms with Crippen molar-refractivity contribution in [2.45, 2.75) is 30.8 Å². The summed E-state index contributed by atoms with van der Waals surface area (Å²) >= 11 is 1.95. The van der Waals surface area contributed by atoms with Crippen molar-refractivity contribution in [2.24, 2.45) is 5.73 Å². The van der Waals surface area contributed by atoms with Crippen LogP contribution in [-0.4, -0.2) is 18.4 Å². The van der Waals surface area contributed by atoms with E-state index >= 15 is 0 Å². The molecule has 0 heterocycles. The van der Waals surface area contributed by atoms with Crippen LogP contribution in [-0.2, 0) is 5.75 Å². The van der Waals surface area contributed by atoms with Gasteiger partial charge >= 0.3 is 29.6 Å². The minimum Gasteiger partial charge on any atom is -0.497 e. The van der Waals surface area contributed by atoms with Crippen molar-refractivity contribution in [3.8, 4) is 5.75 Å². The van der Waals surface area contributed by atoms with Crippen molar-refractivity contribution in [3.05, 3.63) is 45.8 Å². The molecule has 0 spiro atoms. The average molecular weight is 304 g/mol. The van der Waals surface area contributed by atoms with E-state index in [1.165, 1.54) is 10.5 Å². The summed E-state index contributed by atoms with van der Waals surface area (Å²) in [5.41, 5.74) is 20.4. The second kappa shape index (κ2) is 12.4. The predicted octanol–water partition coefficient (Wildman–Crippen LogP) is 0.926. The van der Waals surface area contributed by atoms with E-state index in [0.29, 0.717) is 0 Å². The van der Waals surface area contributed by atoms with E-state index in [1.807, 2.05) is 23.9 Å². The molecular formula is C13H21N4NaOS.